The molecule has 2 bridgehead atoms. The van der Waals surface area contributed by atoms with Gasteiger partial charge in [-0.05, 0) is 31.1 Å². The predicted molar refractivity (Wildman–Crippen MR) is 98.4 cm³/mol. The molecule has 2 aromatic rings. The fourth-order valence-corrected chi connectivity index (χ4v) is 5.49. The Morgan fingerprint density at radius 1 is 1.24 bits per heavy atom. The van der Waals surface area contributed by atoms with E-state index >= 15 is 0 Å². The third kappa shape index (κ3) is 3.64. The summed E-state index contributed by atoms with van der Waals surface area (Å²) in [6.45, 7) is 3.57. The van der Waals surface area contributed by atoms with Gasteiger partial charge in [-0.2, -0.15) is 4.57 Å². The molecule has 3 atom stereocenters. The lowest BCUT2D eigenvalue weighted by molar-refractivity contribution is -0.689. The molecule has 0 spiro atoms. The summed E-state index contributed by atoms with van der Waals surface area (Å²) in [7, 11) is 0. The van der Waals surface area contributed by atoms with Crippen molar-refractivity contribution in [2.24, 2.45) is 17.8 Å². The summed E-state index contributed by atoms with van der Waals surface area (Å²) >= 11 is 1.76. The van der Waals surface area contributed by atoms with Crippen LogP contribution in [0, 0.1) is 24.7 Å². The van der Waals surface area contributed by atoms with Crippen molar-refractivity contribution in [3.63, 3.8) is 0 Å². The van der Waals surface area contributed by atoms with Gasteiger partial charge in [0.25, 0.3) is 0 Å². The van der Waals surface area contributed by atoms with Gasteiger partial charge in [0.1, 0.15) is 0 Å². The van der Waals surface area contributed by atoms with Crippen LogP contribution in [0.4, 0.5) is 0 Å². The molecule has 4 heteroatoms. The Morgan fingerprint density at radius 3 is 2.80 bits per heavy atom. The zero-order valence-electron chi connectivity index (χ0n) is 14.8. The minimum atomic E-state index is 0.0542. The Morgan fingerprint density at radius 2 is 2.08 bits per heavy atom. The molecule has 0 amide bonds. The predicted octanol–water partition coefficient (Wildman–Crippen LogP) is 3.91. The van der Waals surface area contributed by atoms with Crippen LogP contribution in [0.3, 0.4) is 0 Å². The summed E-state index contributed by atoms with van der Waals surface area (Å²) in [5, 5.41) is 0. The zero-order chi connectivity index (χ0) is 17.2. The van der Waals surface area contributed by atoms with Crippen molar-refractivity contribution in [2.45, 2.75) is 45.6 Å². The van der Waals surface area contributed by atoms with Gasteiger partial charge in [-0.25, -0.2) is 0 Å². The fourth-order valence-electron chi connectivity index (χ4n) is 4.51. The topological polar surface area (TPSA) is 30.2 Å². The van der Waals surface area contributed by atoms with Gasteiger partial charge in [0, 0.05) is 18.9 Å². The first-order valence-corrected chi connectivity index (χ1v) is 10.3. The molecule has 2 saturated carbocycles. The first kappa shape index (κ1) is 16.8. The van der Waals surface area contributed by atoms with E-state index in [0.717, 1.165) is 25.3 Å². The van der Waals surface area contributed by atoms with Crippen LogP contribution in [-0.2, 0) is 22.5 Å². The molecule has 1 aromatic heterocycles. The highest BCUT2D eigenvalue weighted by molar-refractivity contribution is 7.09. The number of thiazole rings is 1. The number of hydrogen-bond donors (Lipinski definition) is 0. The quantitative estimate of drug-likeness (QED) is 0.580. The van der Waals surface area contributed by atoms with Crippen molar-refractivity contribution in [3.8, 4) is 0 Å². The van der Waals surface area contributed by atoms with Gasteiger partial charge in [-0.15, -0.1) is 0 Å². The highest BCUT2D eigenvalue weighted by Gasteiger charge is 2.43. The maximum absolute atomic E-state index is 12.3. The third-order valence-corrected chi connectivity index (χ3v) is 7.11. The Labute approximate surface area is 153 Å². The van der Waals surface area contributed by atoms with Crippen molar-refractivity contribution in [2.75, 3.05) is 6.61 Å². The lowest BCUT2D eigenvalue weighted by Crippen LogP contribution is -2.35. The Hall–Kier alpha value is -1.68. The van der Waals surface area contributed by atoms with Crippen LogP contribution in [0.1, 0.15) is 41.8 Å². The molecule has 2 fully saturated rings. The van der Waals surface area contributed by atoms with E-state index in [1.54, 1.807) is 11.3 Å². The minimum absolute atomic E-state index is 0.0542. The van der Waals surface area contributed by atoms with E-state index < -0.39 is 0 Å². The highest BCUT2D eigenvalue weighted by atomic mass is 32.1. The standard InChI is InChI=1S/C21H26NO2S/c1-15-20(25-14-22(15)13-16-5-3-2-4-6-16)9-10-24-21(23)19-12-17-7-8-18(19)11-17/h2-6,14,17-19H,7-13H2,1H3/q+1/t17-,18-,19-/m0/s1. The first-order chi connectivity index (χ1) is 12.2. The number of hydrogen-bond acceptors (Lipinski definition) is 3. The van der Waals surface area contributed by atoms with Crippen LogP contribution in [0.2, 0.25) is 0 Å². The Kier molecular flexibility index (Phi) is 4.89. The van der Waals surface area contributed by atoms with Crippen LogP contribution in [0.25, 0.3) is 0 Å². The van der Waals surface area contributed by atoms with Gasteiger partial charge in [-0.1, -0.05) is 48.1 Å². The second-order valence-corrected chi connectivity index (χ2v) is 8.48. The summed E-state index contributed by atoms with van der Waals surface area (Å²) in [5.41, 5.74) is 4.77. The lowest BCUT2D eigenvalue weighted by atomic mass is 9.89. The van der Waals surface area contributed by atoms with E-state index in [0.29, 0.717) is 12.5 Å². The fraction of sp³-hybridized carbons (Fsp3) is 0.524. The van der Waals surface area contributed by atoms with E-state index in [1.165, 1.54) is 35.4 Å². The van der Waals surface area contributed by atoms with Crippen LogP contribution < -0.4 is 4.57 Å². The van der Waals surface area contributed by atoms with Gasteiger partial charge in [0.05, 0.1) is 17.4 Å². The maximum Gasteiger partial charge on any atom is 0.309 e. The molecule has 2 aliphatic rings. The number of nitrogens with zero attached hydrogens (tertiary/aromatic N) is 1. The summed E-state index contributed by atoms with van der Waals surface area (Å²) < 4.78 is 7.91. The SMILES string of the molecule is Cc1c(CCOC(=O)[C@H]2C[C@H]3CC[C@H]2C3)sc[n+]1Cc1ccccc1. The van der Waals surface area contributed by atoms with E-state index in [-0.39, 0.29) is 11.9 Å². The van der Waals surface area contributed by atoms with E-state index in [9.17, 15) is 4.79 Å². The molecular weight excluding hydrogens is 330 g/mol. The highest BCUT2D eigenvalue weighted by Crippen LogP contribution is 2.48. The second kappa shape index (κ2) is 7.28. The number of fused-ring (bicyclic) bond motifs is 2. The van der Waals surface area contributed by atoms with Crippen molar-refractivity contribution < 1.29 is 14.1 Å². The Balaban J connectivity index is 1.29. The minimum Gasteiger partial charge on any atom is -0.465 e. The summed E-state index contributed by atoms with van der Waals surface area (Å²) in [5.74, 6) is 1.64. The van der Waals surface area contributed by atoms with Gasteiger partial charge in [-0.3, -0.25) is 4.79 Å². The van der Waals surface area contributed by atoms with Crippen molar-refractivity contribution in [3.05, 3.63) is 52.0 Å². The van der Waals surface area contributed by atoms with Crippen LogP contribution >= 0.6 is 11.3 Å². The van der Waals surface area contributed by atoms with Gasteiger partial charge in [0.2, 0.25) is 5.51 Å². The maximum atomic E-state index is 12.3. The molecule has 0 aliphatic heterocycles. The van der Waals surface area contributed by atoms with Gasteiger partial charge >= 0.3 is 5.97 Å². The van der Waals surface area contributed by atoms with Crippen LogP contribution in [0.15, 0.2) is 35.8 Å². The average Bonchev–Trinajstić information content (AvgIpc) is 3.34. The summed E-state index contributed by atoms with van der Waals surface area (Å²) in [6.07, 6.45) is 5.70. The van der Waals surface area contributed by atoms with Crippen molar-refractivity contribution in [1.29, 1.82) is 0 Å². The molecule has 132 valence electrons. The number of carbonyl (C=O) groups excluding carboxylic acids is 1. The molecule has 2 aliphatic carbocycles. The number of aromatic nitrogens is 1. The molecule has 0 saturated heterocycles. The number of carbonyl (C=O) groups is 1. The molecule has 3 nitrogen and oxygen atoms in total. The monoisotopic (exact) mass is 356 g/mol. The van der Waals surface area contributed by atoms with E-state index in [4.69, 9.17) is 4.74 Å². The molecule has 1 aromatic carbocycles. The summed E-state index contributed by atoms with van der Waals surface area (Å²) in [4.78, 5) is 13.6. The van der Waals surface area contributed by atoms with Crippen LogP contribution in [0.5, 0.6) is 0 Å². The molecule has 0 radical (unpaired) electrons. The lowest BCUT2D eigenvalue weighted by Gasteiger charge is -2.19. The molecular formula is C21H26NO2S+. The largest absolute Gasteiger partial charge is 0.465 e. The first-order valence-electron chi connectivity index (χ1n) is 9.37. The van der Waals surface area contributed by atoms with Crippen molar-refractivity contribution >= 4 is 17.3 Å². The third-order valence-electron chi connectivity index (χ3n) is 5.97. The smallest absolute Gasteiger partial charge is 0.309 e. The van der Waals surface area contributed by atoms with Crippen LogP contribution in [-0.4, -0.2) is 12.6 Å². The molecule has 25 heavy (non-hydrogen) atoms. The Bertz CT molecular complexity index is 740. The number of ether oxygens (including phenoxy) is 1. The summed E-state index contributed by atoms with van der Waals surface area (Å²) in [6, 6.07) is 10.5. The normalized spacial score (nSPS) is 24.6. The molecule has 0 N–H and O–H groups in total. The molecule has 4 rings (SSSR count). The number of esters is 1. The van der Waals surface area contributed by atoms with E-state index in [1.807, 2.05) is 6.07 Å². The molecule has 1 heterocycles. The number of benzene rings is 1. The van der Waals surface area contributed by atoms with Crippen molar-refractivity contribution in [1.82, 2.24) is 0 Å². The average molecular weight is 357 g/mol. The van der Waals surface area contributed by atoms with Gasteiger partial charge in [0.15, 0.2) is 12.2 Å². The van der Waals surface area contributed by atoms with E-state index in [2.05, 4.69) is 41.3 Å². The number of rotatable bonds is 6. The second-order valence-electron chi connectivity index (χ2n) is 7.54. The van der Waals surface area contributed by atoms with Gasteiger partial charge < -0.3 is 4.74 Å². The molecule has 0 unspecified atom stereocenters. The zero-order valence-corrected chi connectivity index (χ0v) is 15.6.